The molecule has 4 aromatic carbocycles. The molecular formula is C56H42F12N4O8. The monoisotopic (exact) mass is 1130 g/mol. The zero-order valence-corrected chi connectivity index (χ0v) is 42.0. The normalized spacial score (nSPS) is 29.7. The lowest BCUT2D eigenvalue weighted by Crippen LogP contribution is -2.53. The summed E-state index contributed by atoms with van der Waals surface area (Å²) in [6.45, 7) is 2.77. The zero-order valence-electron chi connectivity index (χ0n) is 42.0. The van der Waals surface area contributed by atoms with E-state index in [0.717, 1.165) is 58.3 Å². The molecule has 12 unspecified atom stereocenters. The third-order valence-electron chi connectivity index (χ3n) is 17.6. The highest BCUT2D eigenvalue weighted by atomic mass is 19.4. The largest absolute Gasteiger partial charge is 0.417 e. The molecule has 0 N–H and O–H groups in total. The lowest BCUT2D eigenvalue weighted by atomic mass is 9.51. The summed E-state index contributed by atoms with van der Waals surface area (Å²) < 4.78 is 168. The van der Waals surface area contributed by atoms with Crippen LogP contribution in [0.3, 0.4) is 0 Å². The standard InChI is InChI=1S/C28H22F6N2O4.C28H20F6N2O4/c2*1-11-3-5-13(17(9-11)27(29,30)31)14-6-4-12(10-18(14)28(32,33)34)36-25(39)21-15-7-8-16(22(21)26(36)40)20-19(15)23(37)35(2)24(20)38/h3-6,9-10,15-16,19-22H,7-8H2,1-2H3;3-10,15-16,19-22H,1-2H3. The third kappa shape index (κ3) is 7.94. The average molecular weight is 1130 g/mol. The molecule has 0 spiro atoms. The Hall–Kier alpha value is -7.66. The second-order valence-electron chi connectivity index (χ2n) is 21.7. The van der Waals surface area contributed by atoms with Crippen LogP contribution in [-0.4, -0.2) is 71.2 Å². The highest BCUT2D eigenvalue weighted by Crippen LogP contribution is 2.62. The summed E-state index contributed by atoms with van der Waals surface area (Å²) in [5.41, 5.74) is -8.69. The van der Waals surface area contributed by atoms with Crippen molar-refractivity contribution in [3.05, 3.63) is 118 Å². The quantitative estimate of drug-likeness (QED) is 0.111. The predicted molar refractivity (Wildman–Crippen MR) is 254 cm³/mol. The number of fused-ring (bicyclic) bond motifs is 1. The number of anilines is 2. The van der Waals surface area contributed by atoms with Gasteiger partial charge >= 0.3 is 24.7 Å². The van der Waals surface area contributed by atoms with Crippen LogP contribution in [-0.2, 0) is 63.1 Å². The van der Waals surface area contributed by atoms with Gasteiger partial charge in [0.15, 0.2) is 0 Å². The van der Waals surface area contributed by atoms with E-state index in [1.165, 1.54) is 40.1 Å². The number of imide groups is 4. The van der Waals surface area contributed by atoms with Gasteiger partial charge in [0.1, 0.15) is 0 Å². The Balaban J connectivity index is 0.000000169. The van der Waals surface area contributed by atoms with Gasteiger partial charge in [-0.25, -0.2) is 0 Å². The number of nitrogens with zero attached hydrogens (tertiary/aromatic N) is 4. The molecule has 8 amide bonds. The van der Waals surface area contributed by atoms with Gasteiger partial charge in [-0.1, -0.05) is 59.7 Å². The summed E-state index contributed by atoms with van der Waals surface area (Å²) >= 11 is 0. The van der Waals surface area contributed by atoms with Crippen LogP contribution in [0.25, 0.3) is 22.3 Å². The van der Waals surface area contributed by atoms with E-state index < -0.39 is 199 Å². The topological polar surface area (TPSA) is 150 Å². The van der Waals surface area contributed by atoms with E-state index in [1.54, 1.807) is 12.2 Å². The maximum Gasteiger partial charge on any atom is 0.417 e. The lowest BCUT2D eigenvalue weighted by molar-refractivity contribution is -0.148. The predicted octanol–water partition coefficient (Wildman–Crippen LogP) is 9.93. The summed E-state index contributed by atoms with van der Waals surface area (Å²) in [5, 5.41) is 0. The number of allylic oxidation sites excluding steroid dienone is 2. The highest BCUT2D eigenvalue weighted by molar-refractivity contribution is 6.24. The molecule has 10 aliphatic rings. The fraction of sp³-hybridized carbons (Fsp3) is 0.393. The molecule has 418 valence electrons. The molecule has 24 heteroatoms. The minimum absolute atomic E-state index is 0.202. The first-order valence-electron chi connectivity index (χ1n) is 25.1. The number of likely N-dealkylation sites (tertiary alicyclic amines) is 2. The number of amides is 8. The Labute approximate surface area is 445 Å². The Morgan fingerprint density at radius 2 is 0.600 bits per heavy atom. The van der Waals surface area contributed by atoms with Crippen molar-refractivity contribution < 1.29 is 91.0 Å². The van der Waals surface area contributed by atoms with E-state index in [-0.39, 0.29) is 11.1 Å². The summed E-state index contributed by atoms with van der Waals surface area (Å²) in [6, 6.07) is 10.7. The number of carbonyl (C=O) groups is 8. The van der Waals surface area contributed by atoms with Gasteiger partial charge in [-0.3, -0.25) is 58.0 Å². The van der Waals surface area contributed by atoms with Crippen molar-refractivity contribution in [1.82, 2.24) is 9.80 Å². The van der Waals surface area contributed by atoms with Crippen molar-refractivity contribution in [3.8, 4) is 22.3 Å². The molecule has 8 fully saturated rings. The molecule has 4 aromatic rings. The molecule has 14 rings (SSSR count). The summed E-state index contributed by atoms with van der Waals surface area (Å²) in [7, 11) is 2.68. The summed E-state index contributed by atoms with van der Waals surface area (Å²) in [5.74, 6) is -15.0. The van der Waals surface area contributed by atoms with Gasteiger partial charge in [0.2, 0.25) is 47.3 Å². The molecule has 0 aromatic heterocycles. The smallest absolute Gasteiger partial charge is 0.285 e. The number of halogens is 12. The highest BCUT2D eigenvalue weighted by Gasteiger charge is 2.71. The molecule has 80 heavy (non-hydrogen) atoms. The van der Waals surface area contributed by atoms with Crippen molar-refractivity contribution in [2.45, 2.75) is 51.4 Å². The van der Waals surface area contributed by atoms with Gasteiger partial charge in [-0.05, 0) is 97.2 Å². The first-order chi connectivity index (χ1) is 37.2. The van der Waals surface area contributed by atoms with Crippen molar-refractivity contribution in [3.63, 3.8) is 0 Å². The molecule has 4 saturated heterocycles. The van der Waals surface area contributed by atoms with Crippen LogP contribution in [0.1, 0.15) is 46.2 Å². The Kier molecular flexibility index (Phi) is 12.2. The van der Waals surface area contributed by atoms with Crippen LogP contribution in [0, 0.1) is 84.9 Å². The maximum atomic E-state index is 14.3. The van der Waals surface area contributed by atoms with Gasteiger partial charge in [0.05, 0.1) is 81.0 Å². The van der Waals surface area contributed by atoms with Crippen molar-refractivity contribution in [2.75, 3.05) is 23.9 Å². The first-order valence-corrected chi connectivity index (χ1v) is 25.1. The van der Waals surface area contributed by atoms with Crippen LogP contribution >= 0.6 is 0 Å². The van der Waals surface area contributed by atoms with Gasteiger partial charge in [-0.2, -0.15) is 52.7 Å². The molecule has 4 bridgehead atoms. The van der Waals surface area contributed by atoms with Crippen LogP contribution in [0.5, 0.6) is 0 Å². The van der Waals surface area contributed by atoms with Gasteiger partial charge in [0, 0.05) is 25.9 Å². The molecule has 12 atom stereocenters. The van der Waals surface area contributed by atoms with Gasteiger partial charge in [-0.15, -0.1) is 0 Å². The Bertz CT molecular complexity index is 3270. The number of hydrogen-bond donors (Lipinski definition) is 0. The van der Waals surface area contributed by atoms with Crippen LogP contribution in [0.2, 0.25) is 0 Å². The molecule has 0 radical (unpaired) electrons. The Morgan fingerprint density at radius 1 is 0.350 bits per heavy atom. The van der Waals surface area contributed by atoms with E-state index in [9.17, 15) is 91.0 Å². The average Bonchev–Trinajstić information content (AvgIpc) is 4.16. The molecule has 12 nitrogen and oxygen atoms in total. The number of rotatable bonds is 4. The van der Waals surface area contributed by atoms with Crippen molar-refractivity contribution >= 4 is 58.6 Å². The molecule has 6 aliphatic carbocycles. The second-order valence-corrected chi connectivity index (χ2v) is 21.7. The third-order valence-corrected chi connectivity index (χ3v) is 17.6. The van der Waals surface area contributed by atoms with Gasteiger partial charge < -0.3 is 0 Å². The fourth-order valence-corrected chi connectivity index (χ4v) is 14.3. The van der Waals surface area contributed by atoms with Crippen LogP contribution in [0.4, 0.5) is 64.1 Å². The van der Waals surface area contributed by atoms with E-state index in [1.807, 2.05) is 0 Å². The minimum Gasteiger partial charge on any atom is -0.285 e. The maximum absolute atomic E-state index is 14.3. The molecule has 4 aliphatic heterocycles. The number of hydrogen-bond acceptors (Lipinski definition) is 8. The molecular weight excluding hydrogens is 1080 g/mol. The SMILES string of the molecule is Cc1ccc(-c2ccc(N3C(=O)C4C5C=CC(C6C(=O)N(C)C(=O)C56)C4C3=O)cc2C(F)(F)F)c(C(F)(F)F)c1.Cc1ccc(-c2ccc(N3C(=O)C4C5CCC(C6C(=O)N(C)C(=O)C56)C4C3=O)cc2C(F)(F)F)c(C(F)(F)F)c1. The van der Waals surface area contributed by atoms with E-state index in [2.05, 4.69) is 0 Å². The number of alkyl halides is 12. The fourth-order valence-electron chi connectivity index (χ4n) is 14.3. The van der Waals surface area contributed by atoms with Gasteiger partial charge in [0.25, 0.3) is 0 Å². The second kappa shape index (κ2) is 17.9. The number of aryl methyl sites for hydroxylation is 2. The summed E-state index contributed by atoms with van der Waals surface area (Å²) in [4.78, 5) is 109. The Morgan fingerprint density at radius 3 is 0.912 bits per heavy atom. The minimum atomic E-state index is -5.13. The van der Waals surface area contributed by atoms with Crippen LogP contribution in [0.15, 0.2) is 84.9 Å². The van der Waals surface area contributed by atoms with E-state index >= 15 is 0 Å². The van der Waals surface area contributed by atoms with Crippen molar-refractivity contribution in [1.29, 1.82) is 0 Å². The van der Waals surface area contributed by atoms with E-state index in [0.29, 0.717) is 34.8 Å². The zero-order chi connectivity index (χ0) is 58.1. The van der Waals surface area contributed by atoms with Crippen LogP contribution < -0.4 is 9.80 Å². The van der Waals surface area contributed by atoms with Crippen molar-refractivity contribution in [2.24, 2.45) is 71.0 Å². The summed E-state index contributed by atoms with van der Waals surface area (Å²) in [6.07, 6.45) is -16.0. The first kappa shape index (κ1) is 54.3. The molecule has 4 saturated carbocycles. The number of benzene rings is 4. The molecule has 4 heterocycles. The van der Waals surface area contributed by atoms with E-state index in [4.69, 9.17) is 0 Å². The lowest BCUT2D eigenvalue weighted by Gasteiger charge is -2.48. The number of carbonyl (C=O) groups excluding carboxylic acids is 8.